The molecule has 0 fully saturated rings. The molecule has 1 amide bonds. The molecule has 0 bridgehead atoms. The molecule has 0 saturated heterocycles. The van der Waals surface area contributed by atoms with Gasteiger partial charge < -0.3 is 9.72 Å². The summed E-state index contributed by atoms with van der Waals surface area (Å²) in [6.07, 6.45) is 3.66. The van der Waals surface area contributed by atoms with Gasteiger partial charge in [-0.2, -0.15) is 4.31 Å². The molecule has 0 radical (unpaired) electrons. The normalized spacial score (nSPS) is 11.9. The summed E-state index contributed by atoms with van der Waals surface area (Å²) in [5, 5.41) is 3.12. The topological polar surface area (TPSA) is 83.8 Å². The zero-order valence-corrected chi connectivity index (χ0v) is 17.4. The minimum absolute atomic E-state index is 0.0770. The summed E-state index contributed by atoms with van der Waals surface area (Å²) < 4.78 is 28.7. The monoisotopic (exact) mass is 470 g/mol. The molecule has 1 N–H and O–H groups in total. The lowest BCUT2D eigenvalue weighted by Gasteiger charge is -2.16. The van der Waals surface area contributed by atoms with Gasteiger partial charge in [0.15, 0.2) is 0 Å². The van der Waals surface area contributed by atoms with Crippen molar-refractivity contribution in [2.45, 2.75) is 11.4 Å². The summed E-state index contributed by atoms with van der Waals surface area (Å²) in [5.74, 6) is -0.423. The first-order chi connectivity index (χ1) is 12.8. The lowest BCUT2D eigenvalue weighted by molar-refractivity contribution is -0.121. The Balaban J connectivity index is 1.61. The van der Waals surface area contributed by atoms with E-state index in [0.717, 1.165) is 14.4 Å². The number of hydrogen-bond acceptors (Lipinski definition) is 4. The Labute approximate surface area is 170 Å². The van der Waals surface area contributed by atoms with E-state index < -0.39 is 15.9 Å². The van der Waals surface area contributed by atoms with Gasteiger partial charge in [0.25, 0.3) is 0 Å². The Morgan fingerprint density at radius 3 is 2.63 bits per heavy atom. The van der Waals surface area contributed by atoms with Gasteiger partial charge >= 0.3 is 0 Å². The number of fused-ring (bicyclic) bond motifs is 1. The molecular weight excluding hydrogens is 456 g/mol. The molecule has 0 unspecified atom stereocenters. The Kier molecular flexibility index (Phi) is 5.85. The van der Waals surface area contributed by atoms with Crippen LogP contribution < -0.4 is 5.32 Å². The number of sulfonamides is 1. The Hall–Kier alpha value is -1.94. The van der Waals surface area contributed by atoms with Crippen molar-refractivity contribution >= 4 is 49.1 Å². The summed E-state index contributed by atoms with van der Waals surface area (Å²) >= 11 is 9.16. The van der Waals surface area contributed by atoms with E-state index in [9.17, 15) is 13.2 Å². The maximum atomic E-state index is 12.5. The van der Waals surface area contributed by atoms with Crippen LogP contribution in [0.1, 0.15) is 5.69 Å². The van der Waals surface area contributed by atoms with Crippen molar-refractivity contribution in [3.63, 3.8) is 0 Å². The number of rotatable bonds is 6. The number of benzene rings is 1. The fourth-order valence-electron chi connectivity index (χ4n) is 2.42. The minimum Gasteiger partial charge on any atom is -0.349 e. The molecule has 27 heavy (non-hydrogen) atoms. The first-order valence-electron chi connectivity index (χ1n) is 7.87. The molecule has 0 atom stereocenters. The summed E-state index contributed by atoms with van der Waals surface area (Å²) in [7, 11) is -2.42. The van der Waals surface area contributed by atoms with Gasteiger partial charge in [-0.15, -0.1) is 0 Å². The molecule has 0 aliphatic carbocycles. The van der Waals surface area contributed by atoms with Crippen LogP contribution in [-0.4, -0.2) is 41.6 Å². The number of aromatic nitrogens is 2. The number of carbonyl (C=O) groups is 1. The number of nitrogens with one attached hydrogen (secondary N) is 1. The Morgan fingerprint density at radius 2 is 1.93 bits per heavy atom. The number of amides is 1. The molecule has 7 nitrogen and oxygen atoms in total. The van der Waals surface area contributed by atoms with E-state index in [1.54, 1.807) is 6.20 Å². The number of carbonyl (C=O) groups excluding carboxylic acids is 1. The molecule has 0 spiro atoms. The largest absolute Gasteiger partial charge is 0.349 e. The molecule has 0 aliphatic rings. The van der Waals surface area contributed by atoms with E-state index in [0.29, 0.717) is 10.7 Å². The summed E-state index contributed by atoms with van der Waals surface area (Å²) in [4.78, 5) is 16.6. The molecule has 1 aromatic carbocycles. The van der Waals surface area contributed by atoms with Gasteiger partial charge in [-0.25, -0.2) is 13.4 Å². The van der Waals surface area contributed by atoms with Crippen LogP contribution in [-0.2, 0) is 21.4 Å². The van der Waals surface area contributed by atoms with Crippen LogP contribution in [0.25, 0.3) is 5.65 Å². The third kappa shape index (κ3) is 4.67. The minimum atomic E-state index is -3.77. The van der Waals surface area contributed by atoms with Gasteiger partial charge in [0.05, 0.1) is 23.7 Å². The Bertz CT molecular complexity index is 1080. The highest BCUT2D eigenvalue weighted by molar-refractivity contribution is 9.10. The lowest BCUT2D eigenvalue weighted by Crippen LogP contribution is -2.38. The standard InChI is InChI=1S/C17H16BrClN4O3S/c1-22(27(25,26)15-5-3-13(19)4-6-15)11-17(24)20-8-14-10-23-9-12(18)2-7-16(23)21-14/h2-7,9-10H,8,11H2,1H3,(H,20,24). The number of pyridine rings is 1. The first-order valence-corrected chi connectivity index (χ1v) is 10.5. The van der Waals surface area contributed by atoms with Crippen molar-refractivity contribution in [2.24, 2.45) is 0 Å². The van der Waals surface area contributed by atoms with Crippen molar-refractivity contribution in [3.8, 4) is 0 Å². The number of hydrogen-bond donors (Lipinski definition) is 1. The molecular formula is C17H16BrClN4O3S. The van der Waals surface area contributed by atoms with Gasteiger partial charge in [0, 0.05) is 28.9 Å². The smallest absolute Gasteiger partial charge is 0.243 e. The van der Waals surface area contributed by atoms with Crippen LogP contribution in [0, 0.1) is 0 Å². The second kappa shape index (κ2) is 7.97. The van der Waals surface area contributed by atoms with Gasteiger partial charge in [-0.05, 0) is 52.3 Å². The second-order valence-corrected chi connectivity index (χ2v) is 9.23. The van der Waals surface area contributed by atoms with Crippen molar-refractivity contribution in [2.75, 3.05) is 13.6 Å². The SMILES string of the molecule is CN(CC(=O)NCc1cn2cc(Br)ccc2n1)S(=O)(=O)c1ccc(Cl)cc1. The zero-order valence-electron chi connectivity index (χ0n) is 14.3. The molecule has 0 saturated carbocycles. The van der Waals surface area contributed by atoms with E-state index in [1.165, 1.54) is 31.3 Å². The van der Waals surface area contributed by atoms with E-state index in [-0.39, 0.29) is 18.0 Å². The quantitative estimate of drug-likeness (QED) is 0.599. The number of halogens is 2. The highest BCUT2D eigenvalue weighted by atomic mass is 79.9. The molecule has 2 aromatic heterocycles. The third-order valence-electron chi connectivity index (χ3n) is 3.82. The summed E-state index contributed by atoms with van der Waals surface area (Å²) in [6, 6.07) is 9.51. The van der Waals surface area contributed by atoms with Crippen molar-refractivity contribution in [1.82, 2.24) is 19.0 Å². The summed E-state index contributed by atoms with van der Waals surface area (Å²) in [6.45, 7) is -0.100. The number of imidazole rings is 1. The van der Waals surface area contributed by atoms with Gasteiger partial charge in [0.2, 0.25) is 15.9 Å². The molecule has 142 valence electrons. The van der Waals surface area contributed by atoms with Crippen molar-refractivity contribution in [1.29, 1.82) is 0 Å². The highest BCUT2D eigenvalue weighted by Gasteiger charge is 2.22. The van der Waals surface area contributed by atoms with E-state index in [1.807, 2.05) is 22.7 Å². The van der Waals surface area contributed by atoms with Gasteiger partial charge in [-0.3, -0.25) is 4.79 Å². The molecule has 3 aromatic rings. The predicted molar refractivity (Wildman–Crippen MR) is 106 cm³/mol. The molecule has 3 rings (SSSR count). The van der Waals surface area contributed by atoms with E-state index in [4.69, 9.17) is 11.6 Å². The maximum Gasteiger partial charge on any atom is 0.243 e. The van der Waals surface area contributed by atoms with Crippen LogP contribution in [0.4, 0.5) is 0 Å². The van der Waals surface area contributed by atoms with E-state index >= 15 is 0 Å². The van der Waals surface area contributed by atoms with E-state index in [2.05, 4.69) is 26.2 Å². The lowest BCUT2D eigenvalue weighted by atomic mass is 10.4. The Morgan fingerprint density at radius 1 is 1.22 bits per heavy atom. The number of nitrogens with zero attached hydrogens (tertiary/aromatic N) is 3. The van der Waals surface area contributed by atoms with Crippen LogP contribution in [0.3, 0.4) is 0 Å². The predicted octanol–water partition coefficient (Wildman–Crippen LogP) is 2.69. The highest BCUT2D eigenvalue weighted by Crippen LogP contribution is 2.17. The molecule has 2 heterocycles. The van der Waals surface area contributed by atoms with Crippen molar-refractivity contribution < 1.29 is 13.2 Å². The first kappa shape index (κ1) is 19.8. The molecule has 10 heteroatoms. The van der Waals surface area contributed by atoms with Gasteiger partial charge in [0.1, 0.15) is 5.65 Å². The maximum absolute atomic E-state index is 12.5. The average molecular weight is 472 g/mol. The van der Waals surface area contributed by atoms with Crippen LogP contribution in [0.2, 0.25) is 5.02 Å². The zero-order chi connectivity index (χ0) is 19.6. The third-order valence-corrected chi connectivity index (χ3v) is 6.36. The van der Waals surface area contributed by atoms with Crippen molar-refractivity contribution in [3.05, 3.63) is 64.0 Å². The fourth-order valence-corrected chi connectivity index (χ4v) is 4.03. The van der Waals surface area contributed by atoms with Crippen LogP contribution in [0.5, 0.6) is 0 Å². The molecule has 0 aliphatic heterocycles. The summed E-state index contributed by atoms with van der Waals surface area (Å²) in [5.41, 5.74) is 1.43. The second-order valence-electron chi connectivity index (χ2n) is 5.84. The number of likely N-dealkylation sites (N-methyl/N-ethyl adjacent to an activating group) is 1. The van der Waals surface area contributed by atoms with Crippen LogP contribution in [0.15, 0.2) is 58.2 Å². The van der Waals surface area contributed by atoms with Gasteiger partial charge in [-0.1, -0.05) is 11.6 Å². The van der Waals surface area contributed by atoms with Crippen LogP contribution >= 0.6 is 27.5 Å². The fraction of sp³-hybridized carbons (Fsp3) is 0.176. The average Bonchev–Trinajstić information content (AvgIpc) is 3.02.